The molecule has 0 unspecified atom stereocenters. The molecule has 498 valence electrons. The number of nitrogens with zero attached hydrogens (tertiary/aromatic N) is 8. The zero-order valence-corrected chi connectivity index (χ0v) is 57.9. The summed E-state index contributed by atoms with van der Waals surface area (Å²) >= 11 is 0. The van der Waals surface area contributed by atoms with Crippen molar-refractivity contribution in [3.63, 3.8) is 0 Å². The van der Waals surface area contributed by atoms with Crippen molar-refractivity contribution in [2.75, 3.05) is 0 Å². The smallest absolute Gasteiger partial charge is 0.137 e. The lowest BCUT2D eigenvalue weighted by atomic mass is 9.74. The summed E-state index contributed by atoms with van der Waals surface area (Å²) in [6, 6.07) is 128. The summed E-state index contributed by atoms with van der Waals surface area (Å²) in [6.07, 6.45) is 2.48. The number of benzene rings is 15. The summed E-state index contributed by atoms with van der Waals surface area (Å²) < 4.78 is 12.1. The molecule has 0 saturated carbocycles. The Bertz CT molecular complexity index is 6590. The molecule has 1 aliphatic carbocycles. The van der Waals surface area contributed by atoms with Gasteiger partial charge in [-0.3, -0.25) is 0 Å². The minimum atomic E-state index is -0.0175. The van der Waals surface area contributed by atoms with Crippen molar-refractivity contribution >= 4 is 109 Å². The molecule has 0 aliphatic heterocycles. The molecule has 0 spiro atoms. The zero-order chi connectivity index (χ0) is 69.5. The molecular formula is C98H66N8. The summed E-state index contributed by atoms with van der Waals surface area (Å²) in [5.41, 5.74) is 27.6. The van der Waals surface area contributed by atoms with Crippen LogP contribution in [0.4, 0.5) is 0 Å². The Morgan fingerprint density at radius 3 is 0.736 bits per heavy atom. The molecule has 22 rings (SSSR count). The van der Waals surface area contributed by atoms with Gasteiger partial charge in [-0.25, -0.2) is 15.0 Å². The van der Waals surface area contributed by atoms with Gasteiger partial charge in [0.05, 0.1) is 55.2 Å². The van der Waals surface area contributed by atoms with Crippen molar-refractivity contribution < 1.29 is 0 Å². The average molecular weight is 1360 g/mol. The van der Waals surface area contributed by atoms with Gasteiger partial charge in [0.1, 0.15) is 17.5 Å². The molecule has 8 heteroatoms. The summed E-state index contributed by atoms with van der Waals surface area (Å²) in [4.78, 5) is 15.8. The van der Waals surface area contributed by atoms with E-state index in [1.54, 1.807) is 0 Å². The molecule has 0 radical (unpaired) electrons. The summed E-state index contributed by atoms with van der Waals surface area (Å²) in [5.74, 6) is 2.23. The molecule has 15 aromatic carbocycles. The fourth-order valence-corrected chi connectivity index (χ4v) is 17.9. The predicted molar refractivity (Wildman–Crippen MR) is 436 cm³/mol. The fraction of sp³-hybridized carbons (Fsp3) is 0.0510. The number of fused-ring (bicyclic) bond motifs is 17. The van der Waals surface area contributed by atoms with Crippen LogP contribution < -0.4 is 0 Å². The molecule has 6 aromatic heterocycles. The van der Waals surface area contributed by atoms with E-state index in [4.69, 9.17) is 15.0 Å². The van der Waals surface area contributed by atoms with E-state index in [2.05, 4.69) is 369 Å². The molecule has 0 N–H and O–H groups in total. The van der Waals surface area contributed by atoms with Crippen LogP contribution >= 0.6 is 0 Å². The second-order valence-electron chi connectivity index (χ2n) is 28.6. The predicted octanol–water partition coefficient (Wildman–Crippen LogP) is 23.2. The zero-order valence-electron chi connectivity index (χ0n) is 57.9. The van der Waals surface area contributed by atoms with Gasteiger partial charge in [0.2, 0.25) is 0 Å². The normalized spacial score (nSPS) is 12.6. The number of rotatable bonds is 12. The maximum absolute atomic E-state index is 5.29. The van der Waals surface area contributed by atoms with E-state index in [1.165, 1.54) is 137 Å². The Labute approximate surface area is 610 Å². The van der Waals surface area contributed by atoms with Gasteiger partial charge in [0, 0.05) is 107 Å². The van der Waals surface area contributed by atoms with Crippen LogP contribution in [0.15, 0.2) is 346 Å². The van der Waals surface area contributed by atoms with E-state index >= 15 is 0 Å². The Balaban J connectivity index is 0.615. The van der Waals surface area contributed by atoms with Crippen molar-refractivity contribution in [3.8, 4) is 28.4 Å². The van der Waals surface area contributed by atoms with Crippen molar-refractivity contribution in [2.24, 2.45) is 0 Å². The van der Waals surface area contributed by atoms with Gasteiger partial charge in [0.25, 0.3) is 0 Å². The third kappa shape index (κ3) is 9.57. The Hall–Kier alpha value is -13.7. The van der Waals surface area contributed by atoms with E-state index in [-0.39, 0.29) is 5.92 Å². The average Bonchev–Trinajstić information content (AvgIpc) is 1.64. The highest BCUT2D eigenvalue weighted by molar-refractivity contribution is 6.13. The molecule has 8 nitrogen and oxygen atoms in total. The van der Waals surface area contributed by atoms with Crippen LogP contribution in [0.2, 0.25) is 0 Å². The van der Waals surface area contributed by atoms with Gasteiger partial charge in [0.15, 0.2) is 0 Å². The topological polar surface area (TPSA) is 63.3 Å². The summed E-state index contributed by atoms with van der Waals surface area (Å²) in [6.45, 7) is 0. The summed E-state index contributed by atoms with van der Waals surface area (Å²) in [7, 11) is 0. The number of aromatic nitrogens is 8. The molecule has 6 heterocycles. The molecule has 0 saturated heterocycles. The van der Waals surface area contributed by atoms with Gasteiger partial charge in [-0.2, -0.15) is 0 Å². The lowest BCUT2D eigenvalue weighted by Crippen LogP contribution is -2.16. The van der Waals surface area contributed by atoms with E-state index in [1.807, 2.05) is 0 Å². The van der Waals surface area contributed by atoms with Gasteiger partial charge in [-0.1, -0.05) is 218 Å². The fourth-order valence-electron chi connectivity index (χ4n) is 17.9. The maximum atomic E-state index is 5.29. The monoisotopic (exact) mass is 1350 g/mol. The minimum absolute atomic E-state index is 0.0175. The Morgan fingerprint density at radius 2 is 0.453 bits per heavy atom. The first-order chi connectivity index (χ1) is 52.5. The highest BCUT2D eigenvalue weighted by atomic mass is 15.0. The minimum Gasteiger partial charge on any atom is -0.309 e. The molecule has 0 atom stereocenters. The Morgan fingerprint density at radius 1 is 0.217 bits per heavy atom. The molecule has 0 bridgehead atoms. The highest BCUT2D eigenvalue weighted by Gasteiger charge is 2.30. The van der Waals surface area contributed by atoms with E-state index in [0.29, 0.717) is 19.3 Å². The quantitative estimate of drug-likeness (QED) is 0.122. The van der Waals surface area contributed by atoms with Crippen molar-refractivity contribution in [2.45, 2.75) is 31.6 Å². The van der Waals surface area contributed by atoms with Crippen molar-refractivity contribution in [1.82, 2.24) is 37.8 Å². The number of hydrogen-bond acceptors (Lipinski definition) is 3. The molecule has 106 heavy (non-hydrogen) atoms. The van der Waals surface area contributed by atoms with Crippen LogP contribution in [0.1, 0.15) is 67.9 Å². The maximum Gasteiger partial charge on any atom is 0.137 e. The van der Waals surface area contributed by atoms with Gasteiger partial charge < -0.3 is 22.8 Å². The molecule has 1 aliphatic rings. The first-order valence-electron chi connectivity index (χ1n) is 36.8. The first kappa shape index (κ1) is 59.9. The second kappa shape index (κ2) is 24.0. The van der Waals surface area contributed by atoms with Gasteiger partial charge in [-0.05, 0) is 178 Å². The Kier molecular flexibility index (Phi) is 13.5. The third-order valence-corrected chi connectivity index (χ3v) is 22.6. The van der Waals surface area contributed by atoms with Crippen LogP contribution in [0.25, 0.3) is 137 Å². The van der Waals surface area contributed by atoms with Crippen LogP contribution in [-0.2, 0) is 25.7 Å². The SMILES string of the molecule is c1ccc2c(c1)c1ccccc1n2-c1ccc(Cc2nc(Cc3ccc(-n4c5ccccc5c5ccccc54)cc3)nc(Cc3ccc(-n4c5ccccc5c5cc(C6c7ccc(-n8c9ccccc9c9ccccc98)cc7Cc7cc(-n8c9ccccc9c9ccccc98)ccc76)ccc54)cc3)n2)cc1. The standard InChI is InChI=1S/C98H66N8/c1-10-28-85-75(19-1)76-20-2-11-29-86(76)102(85)68-44-37-62(38-45-68)55-95-99-96(56-63-39-46-69(47-40-63)103-87-30-12-3-21-77(87)78-22-4-13-31-88(78)103)101-97(100-95)57-64-41-48-70(49-42-64)104-93-36-18-9-27-83(93)84-61-65(43-54-94(84)104)98-73-52-50-71(105-89-32-14-5-23-79(89)80-24-6-15-33-90(80)105)59-66(73)58-67-60-72(51-53-74(67)98)106-91-34-16-7-25-81(91)82-26-8-17-35-92(82)106/h1-54,59-61,98H,55-58H2. The van der Waals surface area contributed by atoms with Crippen LogP contribution in [-0.4, -0.2) is 37.8 Å². The molecule has 21 aromatic rings. The lowest BCUT2D eigenvalue weighted by molar-refractivity contribution is 0.796. The third-order valence-electron chi connectivity index (χ3n) is 22.6. The van der Waals surface area contributed by atoms with E-state index in [9.17, 15) is 0 Å². The van der Waals surface area contributed by atoms with Crippen molar-refractivity contribution in [3.05, 3.63) is 408 Å². The highest BCUT2D eigenvalue weighted by Crippen LogP contribution is 2.47. The first-order valence-corrected chi connectivity index (χ1v) is 36.8. The lowest BCUT2D eigenvalue weighted by Gasteiger charge is -2.30. The second-order valence-corrected chi connectivity index (χ2v) is 28.6. The van der Waals surface area contributed by atoms with Gasteiger partial charge >= 0.3 is 0 Å². The van der Waals surface area contributed by atoms with Crippen molar-refractivity contribution in [1.29, 1.82) is 0 Å². The summed E-state index contributed by atoms with van der Waals surface area (Å²) in [5, 5.41) is 12.5. The van der Waals surface area contributed by atoms with Crippen LogP contribution in [0.5, 0.6) is 0 Å². The molecule has 0 amide bonds. The van der Waals surface area contributed by atoms with Gasteiger partial charge in [-0.15, -0.1) is 0 Å². The number of hydrogen-bond donors (Lipinski definition) is 0. The largest absolute Gasteiger partial charge is 0.309 e. The number of para-hydroxylation sites is 9. The van der Waals surface area contributed by atoms with Crippen LogP contribution in [0.3, 0.4) is 0 Å². The van der Waals surface area contributed by atoms with E-state index in [0.717, 1.165) is 68.7 Å². The molecular weight excluding hydrogens is 1290 g/mol. The molecule has 0 fully saturated rings. The van der Waals surface area contributed by atoms with E-state index < -0.39 is 0 Å². The van der Waals surface area contributed by atoms with Crippen LogP contribution in [0, 0.1) is 0 Å².